The number of imidazole rings is 1. The summed E-state index contributed by atoms with van der Waals surface area (Å²) in [6.45, 7) is 8.70. The van der Waals surface area contributed by atoms with Crippen molar-refractivity contribution in [2.45, 2.75) is 44.9 Å². The number of aromatic nitrogens is 2. The van der Waals surface area contributed by atoms with Crippen molar-refractivity contribution < 1.29 is 37.3 Å². The van der Waals surface area contributed by atoms with Crippen molar-refractivity contribution in [1.82, 2.24) is 19.4 Å². The van der Waals surface area contributed by atoms with E-state index in [0.29, 0.717) is 19.2 Å². The molecule has 1 amide bonds. The Kier molecular flexibility index (Phi) is 9.42. The molecule has 12 heteroatoms. The summed E-state index contributed by atoms with van der Waals surface area (Å²) in [5.41, 5.74) is 1.82. The molecule has 2 fully saturated rings. The van der Waals surface area contributed by atoms with Crippen LogP contribution in [0.3, 0.4) is 0 Å². The third-order valence-corrected chi connectivity index (χ3v) is 7.08. The van der Waals surface area contributed by atoms with Gasteiger partial charge in [-0.15, -0.1) is 0 Å². The summed E-state index contributed by atoms with van der Waals surface area (Å²) in [6, 6.07) is 8.54. The van der Waals surface area contributed by atoms with E-state index in [4.69, 9.17) is 24.4 Å². The molecular weight excluding hydrogens is 505 g/mol. The average molecular weight is 541 g/mol. The molecule has 0 bridgehead atoms. The van der Waals surface area contributed by atoms with Gasteiger partial charge in [-0.25, -0.2) is 9.78 Å². The zero-order valence-corrected chi connectivity index (χ0v) is 22.1. The van der Waals surface area contributed by atoms with E-state index in [-0.39, 0.29) is 11.8 Å². The Labute approximate surface area is 220 Å². The van der Waals surface area contributed by atoms with Gasteiger partial charge in [-0.1, -0.05) is 12.1 Å². The van der Waals surface area contributed by atoms with Crippen LogP contribution in [-0.4, -0.2) is 89.5 Å². The number of methoxy groups -OCH3 is 2. The van der Waals surface area contributed by atoms with Crippen molar-refractivity contribution in [2.75, 3.05) is 47.0 Å². The van der Waals surface area contributed by atoms with Gasteiger partial charge in [0.15, 0.2) is 0 Å². The summed E-state index contributed by atoms with van der Waals surface area (Å²) in [6.07, 6.45) is -0.179. The second kappa shape index (κ2) is 12.2. The topological polar surface area (TPSA) is 97.1 Å². The number of ether oxygens (including phenoxy) is 2. The highest BCUT2D eigenvalue weighted by Crippen LogP contribution is 2.50. The lowest BCUT2D eigenvalue weighted by Gasteiger charge is -2.28. The third kappa shape index (κ3) is 6.65. The van der Waals surface area contributed by atoms with E-state index < -0.39 is 17.6 Å². The van der Waals surface area contributed by atoms with Gasteiger partial charge in [0, 0.05) is 58.0 Å². The summed E-state index contributed by atoms with van der Waals surface area (Å²) >= 11 is 0. The Morgan fingerprint density at radius 2 is 2.00 bits per heavy atom. The zero-order chi connectivity index (χ0) is 28.1. The first-order valence-corrected chi connectivity index (χ1v) is 12.4. The fourth-order valence-electron chi connectivity index (χ4n) is 5.09. The van der Waals surface area contributed by atoms with Crippen LogP contribution >= 0.6 is 0 Å². The lowest BCUT2D eigenvalue weighted by Crippen LogP contribution is -2.40. The van der Waals surface area contributed by atoms with Crippen molar-refractivity contribution in [3.8, 4) is 5.75 Å². The van der Waals surface area contributed by atoms with E-state index in [0.717, 1.165) is 44.0 Å². The Morgan fingerprint density at radius 3 is 2.58 bits per heavy atom. The zero-order valence-electron chi connectivity index (χ0n) is 22.1. The van der Waals surface area contributed by atoms with Gasteiger partial charge in [0.2, 0.25) is 5.91 Å². The monoisotopic (exact) mass is 540 g/mol. The van der Waals surface area contributed by atoms with Crippen LogP contribution in [0.25, 0.3) is 0 Å². The number of hydrogen-bond acceptors (Lipinski definition) is 6. The summed E-state index contributed by atoms with van der Waals surface area (Å²) in [5.74, 6) is -1.55. The molecule has 2 saturated heterocycles. The molecule has 1 aromatic heterocycles. The first-order valence-electron chi connectivity index (χ1n) is 12.4. The van der Waals surface area contributed by atoms with Gasteiger partial charge in [-0.2, -0.15) is 13.2 Å². The maximum absolute atomic E-state index is 13.6. The van der Waals surface area contributed by atoms with Crippen LogP contribution in [-0.2, 0) is 20.9 Å². The van der Waals surface area contributed by atoms with Crippen LogP contribution in [0.1, 0.15) is 43.5 Å². The molecule has 0 aliphatic carbocycles. The smallest absolute Gasteiger partial charge is 0.490 e. The number of benzene rings is 1. The second-order valence-corrected chi connectivity index (χ2v) is 9.91. The van der Waals surface area contributed by atoms with Crippen LogP contribution < -0.4 is 4.74 Å². The first kappa shape index (κ1) is 29.4. The van der Waals surface area contributed by atoms with Gasteiger partial charge in [-0.3, -0.25) is 9.69 Å². The van der Waals surface area contributed by atoms with Gasteiger partial charge in [0.25, 0.3) is 0 Å². The molecule has 2 aliphatic heterocycles. The maximum atomic E-state index is 13.6. The fraction of sp³-hybridized carbons (Fsp3) is 0.577. The molecule has 2 aromatic rings. The Hall–Kier alpha value is -3.12. The van der Waals surface area contributed by atoms with Crippen molar-refractivity contribution >= 4 is 11.9 Å². The predicted molar refractivity (Wildman–Crippen MR) is 133 cm³/mol. The number of alkyl halides is 3. The summed E-state index contributed by atoms with van der Waals surface area (Å²) in [5, 5.41) is 7.12. The molecule has 4 rings (SSSR count). The molecule has 2 aliphatic rings. The molecule has 38 heavy (non-hydrogen) atoms. The quantitative estimate of drug-likeness (QED) is 0.547. The van der Waals surface area contributed by atoms with Crippen LogP contribution in [0.5, 0.6) is 5.75 Å². The van der Waals surface area contributed by atoms with Gasteiger partial charge in [0.05, 0.1) is 31.2 Å². The summed E-state index contributed by atoms with van der Waals surface area (Å²) < 4.78 is 44.5. The van der Waals surface area contributed by atoms with E-state index in [2.05, 4.69) is 41.6 Å². The molecule has 1 spiro atoms. The molecule has 0 radical (unpaired) electrons. The highest BCUT2D eigenvalue weighted by Gasteiger charge is 2.57. The minimum absolute atomic E-state index is 0.0955. The number of carbonyl (C=O) groups is 2. The van der Waals surface area contributed by atoms with E-state index in [1.807, 2.05) is 23.4 Å². The number of carboxylic acid groups (broad SMARTS) is 1. The van der Waals surface area contributed by atoms with E-state index in [1.165, 1.54) is 5.56 Å². The Bertz CT molecular complexity index is 1110. The molecule has 2 unspecified atom stereocenters. The van der Waals surface area contributed by atoms with Crippen LogP contribution in [0, 0.1) is 5.41 Å². The van der Waals surface area contributed by atoms with E-state index >= 15 is 0 Å². The number of rotatable bonds is 8. The number of aliphatic carboxylic acids is 1. The Morgan fingerprint density at radius 1 is 1.29 bits per heavy atom. The standard InChI is InChI=1S/C24H34N4O3.C2HF3O2/c1-18(2)28-15-22(25-17-28)21-14-26(13-19-6-5-7-20(12-19)31-4)16-24(21)8-9-27(23(24)29)10-11-30-3;3-2(4,5)1(6)7/h5-7,12,15,17-18,21H,8-11,13-14,16H2,1-4H3;(H,6,7). The highest BCUT2D eigenvalue weighted by atomic mass is 19.4. The predicted octanol–water partition coefficient (Wildman–Crippen LogP) is 3.57. The normalized spacial score (nSPS) is 21.7. The van der Waals surface area contributed by atoms with Crippen LogP contribution in [0.4, 0.5) is 13.2 Å². The molecule has 0 saturated carbocycles. The van der Waals surface area contributed by atoms with Gasteiger partial charge >= 0.3 is 12.1 Å². The van der Waals surface area contributed by atoms with E-state index in [1.54, 1.807) is 14.2 Å². The van der Waals surface area contributed by atoms with Crippen molar-refractivity contribution in [2.24, 2.45) is 5.41 Å². The molecule has 3 heterocycles. The summed E-state index contributed by atoms with van der Waals surface area (Å²) in [7, 11) is 3.37. The number of hydrogen-bond donors (Lipinski definition) is 1. The lowest BCUT2D eigenvalue weighted by atomic mass is 9.75. The molecular formula is C26H35F3N4O5. The van der Waals surface area contributed by atoms with Gasteiger partial charge < -0.3 is 24.0 Å². The molecule has 9 nitrogen and oxygen atoms in total. The van der Waals surface area contributed by atoms with Crippen molar-refractivity contribution in [3.05, 3.63) is 48.0 Å². The number of carboxylic acids is 1. The second-order valence-electron chi connectivity index (χ2n) is 9.91. The number of likely N-dealkylation sites (tertiary alicyclic amines) is 2. The van der Waals surface area contributed by atoms with Crippen molar-refractivity contribution in [3.63, 3.8) is 0 Å². The van der Waals surface area contributed by atoms with E-state index in [9.17, 15) is 18.0 Å². The third-order valence-electron chi connectivity index (χ3n) is 7.08. The SMILES string of the molecule is COCCN1CCC2(CN(Cc3cccc(OC)c3)CC2c2cn(C(C)C)cn2)C1=O.O=C(O)C(F)(F)F. The fourth-order valence-corrected chi connectivity index (χ4v) is 5.09. The van der Waals surface area contributed by atoms with Gasteiger partial charge in [0.1, 0.15) is 5.75 Å². The maximum Gasteiger partial charge on any atom is 0.490 e. The van der Waals surface area contributed by atoms with Crippen molar-refractivity contribution in [1.29, 1.82) is 0 Å². The van der Waals surface area contributed by atoms with Crippen LogP contribution in [0.15, 0.2) is 36.8 Å². The number of carbonyl (C=O) groups excluding carboxylic acids is 1. The summed E-state index contributed by atoms with van der Waals surface area (Å²) in [4.78, 5) is 31.7. The molecule has 1 N–H and O–H groups in total. The minimum atomic E-state index is -5.08. The number of amides is 1. The number of nitrogens with zero attached hydrogens (tertiary/aromatic N) is 4. The Balaban J connectivity index is 0.000000505. The lowest BCUT2D eigenvalue weighted by molar-refractivity contribution is -0.192. The first-order chi connectivity index (χ1) is 17.9. The van der Waals surface area contributed by atoms with Gasteiger partial charge in [-0.05, 0) is 38.0 Å². The minimum Gasteiger partial charge on any atom is -0.497 e. The number of halogens is 3. The van der Waals surface area contributed by atoms with Crippen LogP contribution in [0.2, 0.25) is 0 Å². The molecule has 210 valence electrons. The average Bonchev–Trinajstić information content (AvgIpc) is 3.57. The molecule has 1 aromatic carbocycles. The highest BCUT2D eigenvalue weighted by molar-refractivity contribution is 5.86. The largest absolute Gasteiger partial charge is 0.497 e. The molecule has 2 atom stereocenters.